The molecule has 1 rings (SSSR count). The maximum absolute atomic E-state index is 11.9. The number of halogens is 1. The zero-order valence-corrected chi connectivity index (χ0v) is 12.3. The van der Waals surface area contributed by atoms with Gasteiger partial charge >= 0.3 is 0 Å². The topological polar surface area (TPSA) is 58.2 Å². The molecule has 0 aliphatic heterocycles. The number of sulfonamides is 1. The van der Waals surface area contributed by atoms with E-state index < -0.39 is 10.0 Å². The minimum atomic E-state index is -3.40. The Bertz CT molecular complexity index is 445. The van der Waals surface area contributed by atoms with Crippen LogP contribution in [0, 0.1) is 0 Å². The molecule has 0 heterocycles. The molecule has 1 atom stereocenters. The summed E-state index contributed by atoms with van der Waals surface area (Å²) in [5.41, 5.74) is 0. The molecule has 0 amide bonds. The molecule has 0 aromatic heterocycles. The molecule has 2 N–H and O–H groups in total. The van der Waals surface area contributed by atoms with Crippen LogP contribution < -0.4 is 10.0 Å². The van der Waals surface area contributed by atoms with E-state index >= 15 is 0 Å². The molecule has 17 heavy (non-hydrogen) atoms. The first-order chi connectivity index (χ1) is 7.95. The molecule has 0 aliphatic carbocycles. The molecular formula is C11H17BrN2O2S. The first-order valence-corrected chi connectivity index (χ1v) is 7.72. The van der Waals surface area contributed by atoms with Crippen molar-refractivity contribution in [2.24, 2.45) is 0 Å². The van der Waals surface area contributed by atoms with Crippen molar-refractivity contribution in [1.82, 2.24) is 10.0 Å². The van der Waals surface area contributed by atoms with Gasteiger partial charge in [0.1, 0.15) is 0 Å². The largest absolute Gasteiger partial charge is 0.313 e. The molecular weight excluding hydrogens is 304 g/mol. The molecule has 1 aromatic carbocycles. The van der Waals surface area contributed by atoms with Crippen LogP contribution in [0.5, 0.6) is 0 Å². The van der Waals surface area contributed by atoms with Crippen molar-refractivity contribution in [1.29, 1.82) is 0 Å². The van der Waals surface area contributed by atoms with Crippen LogP contribution in [-0.2, 0) is 10.0 Å². The van der Waals surface area contributed by atoms with Gasteiger partial charge in [0.15, 0.2) is 0 Å². The van der Waals surface area contributed by atoms with Crippen molar-refractivity contribution in [3.63, 3.8) is 0 Å². The summed E-state index contributed by atoms with van der Waals surface area (Å²) < 4.78 is 27.2. The molecule has 0 unspecified atom stereocenters. The summed E-state index contributed by atoms with van der Waals surface area (Å²) in [5, 5.41) is 3.14. The van der Waals surface area contributed by atoms with Crippen molar-refractivity contribution < 1.29 is 8.42 Å². The second-order valence-corrected chi connectivity index (χ2v) is 6.45. The van der Waals surface area contributed by atoms with Crippen LogP contribution in [0.1, 0.15) is 13.8 Å². The highest BCUT2D eigenvalue weighted by Gasteiger charge is 2.14. The van der Waals surface area contributed by atoms with Crippen LogP contribution in [0.4, 0.5) is 0 Å². The highest BCUT2D eigenvalue weighted by Crippen LogP contribution is 2.14. The van der Waals surface area contributed by atoms with Gasteiger partial charge in [-0.1, -0.05) is 22.9 Å². The van der Waals surface area contributed by atoms with Gasteiger partial charge in [0.2, 0.25) is 10.0 Å². The summed E-state index contributed by atoms with van der Waals surface area (Å²) >= 11 is 3.27. The lowest BCUT2D eigenvalue weighted by Crippen LogP contribution is -2.38. The molecule has 0 fully saturated rings. The second kappa shape index (κ2) is 6.49. The lowest BCUT2D eigenvalue weighted by atomic mass is 10.3. The van der Waals surface area contributed by atoms with Crippen LogP contribution in [0.25, 0.3) is 0 Å². The number of rotatable bonds is 6. The van der Waals surface area contributed by atoms with E-state index in [9.17, 15) is 8.42 Å². The minimum Gasteiger partial charge on any atom is -0.313 e. The Hall–Kier alpha value is -0.430. The van der Waals surface area contributed by atoms with E-state index in [1.807, 2.05) is 13.8 Å². The van der Waals surface area contributed by atoms with Crippen LogP contribution in [0.3, 0.4) is 0 Å². The van der Waals surface area contributed by atoms with Crippen LogP contribution in [-0.4, -0.2) is 27.5 Å². The number of benzene rings is 1. The van der Waals surface area contributed by atoms with E-state index in [-0.39, 0.29) is 10.9 Å². The lowest BCUT2D eigenvalue weighted by Gasteiger charge is -2.13. The van der Waals surface area contributed by atoms with Gasteiger partial charge in [0.25, 0.3) is 0 Å². The van der Waals surface area contributed by atoms with Crippen molar-refractivity contribution >= 4 is 26.0 Å². The van der Waals surface area contributed by atoms with E-state index in [4.69, 9.17) is 0 Å². The van der Waals surface area contributed by atoms with E-state index in [2.05, 4.69) is 26.0 Å². The Morgan fingerprint density at radius 3 is 2.41 bits per heavy atom. The highest BCUT2D eigenvalue weighted by molar-refractivity contribution is 9.10. The third kappa shape index (κ3) is 4.75. The SMILES string of the molecule is CCN[C@H](C)CNS(=O)(=O)c1ccc(Br)cc1. The zero-order valence-electron chi connectivity index (χ0n) is 9.90. The molecule has 0 aliphatic rings. The first-order valence-electron chi connectivity index (χ1n) is 5.44. The average Bonchev–Trinajstić information content (AvgIpc) is 2.28. The Morgan fingerprint density at radius 2 is 1.88 bits per heavy atom. The molecule has 4 nitrogen and oxygen atoms in total. The molecule has 96 valence electrons. The summed E-state index contributed by atoms with van der Waals surface area (Å²) in [6.45, 7) is 5.13. The van der Waals surface area contributed by atoms with E-state index in [1.165, 1.54) is 0 Å². The zero-order chi connectivity index (χ0) is 12.9. The number of nitrogens with one attached hydrogen (secondary N) is 2. The Labute approximate surface area is 111 Å². The minimum absolute atomic E-state index is 0.116. The van der Waals surface area contributed by atoms with Gasteiger partial charge < -0.3 is 5.32 Å². The molecule has 6 heteroatoms. The van der Waals surface area contributed by atoms with Gasteiger partial charge in [0.05, 0.1) is 4.90 Å². The maximum atomic E-state index is 11.9. The van der Waals surface area contributed by atoms with Gasteiger partial charge in [-0.05, 0) is 37.7 Å². The number of hydrogen-bond donors (Lipinski definition) is 2. The normalized spacial score (nSPS) is 13.6. The van der Waals surface area contributed by atoms with E-state index in [0.717, 1.165) is 11.0 Å². The fourth-order valence-electron chi connectivity index (χ4n) is 1.35. The quantitative estimate of drug-likeness (QED) is 0.839. The van der Waals surface area contributed by atoms with Crippen molar-refractivity contribution in [3.05, 3.63) is 28.7 Å². The maximum Gasteiger partial charge on any atom is 0.240 e. The number of hydrogen-bond acceptors (Lipinski definition) is 3. The predicted octanol–water partition coefficient (Wildman–Crippen LogP) is 1.73. The molecule has 0 radical (unpaired) electrons. The second-order valence-electron chi connectivity index (χ2n) is 3.76. The van der Waals surface area contributed by atoms with Crippen molar-refractivity contribution in [2.75, 3.05) is 13.1 Å². The molecule has 0 saturated carbocycles. The Morgan fingerprint density at radius 1 is 1.29 bits per heavy atom. The highest BCUT2D eigenvalue weighted by atomic mass is 79.9. The molecule has 0 spiro atoms. The summed E-state index contributed by atoms with van der Waals surface area (Å²) in [4.78, 5) is 0.282. The Balaban J connectivity index is 2.66. The van der Waals surface area contributed by atoms with Gasteiger partial charge in [-0.2, -0.15) is 0 Å². The summed E-state index contributed by atoms with van der Waals surface area (Å²) in [7, 11) is -3.40. The van der Waals surface area contributed by atoms with Gasteiger partial charge in [0, 0.05) is 17.1 Å². The smallest absolute Gasteiger partial charge is 0.240 e. The molecule has 0 saturated heterocycles. The Kier molecular flexibility index (Phi) is 5.58. The van der Waals surface area contributed by atoms with Crippen LogP contribution in [0.15, 0.2) is 33.6 Å². The van der Waals surface area contributed by atoms with E-state index in [1.54, 1.807) is 24.3 Å². The fourth-order valence-corrected chi connectivity index (χ4v) is 2.75. The third-order valence-corrected chi connectivity index (χ3v) is 4.22. The standard InChI is InChI=1S/C11H17BrN2O2S/c1-3-13-9(2)8-14-17(15,16)11-6-4-10(12)5-7-11/h4-7,9,13-14H,3,8H2,1-2H3/t9-/m1/s1. The molecule has 0 bridgehead atoms. The van der Waals surface area contributed by atoms with E-state index in [0.29, 0.717) is 6.54 Å². The fraction of sp³-hybridized carbons (Fsp3) is 0.455. The summed E-state index contributed by atoms with van der Waals surface area (Å²) in [5.74, 6) is 0. The van der Waals surface area contributed by atoms with Gasteiger partial charge in [-0.25, -0.2) is 13.1 Å². The number of likely N-dealkylation sites (N-methyl/N-ethyl adjacent to an activating group) is 1. The molecule has 1 aromatic rings. The lowest BCUT2D eigenvalue weighted by molar-refractivity contribution is 0.536. The first kappa shape index (κ1) is 14.6. The van der Waals surface area contributed by atoms with Gasteiger partial charge in [-0.15, -0.1) is 0 Å². The average molecular weight is 321 g/mol. The third-order valence-electron chi connectivity index (χ3n) is 2.26. The van der Waals surface area contributed by atoms with Crippen molar-refractivity contribution in [3.8, 4) is 0 Å². The summed E-state index contributed by atoms with van der Waals surface area (Å²) in [6, 6.07) is 6.68. The monoisotopic (exact) mass is 320 g/mol. The van der Waals surface area contributed by atoms with Crippen LogP contribution in [0.2, 0.25) is 0 Å². The van der Waals surface area contributed by atoms with Gasteiger partial charge in [-0.3, -0.25) is 0 Å². The van der Waals surface area contributed by atoms with Crippen LogP contribution >= 0.6 is 15.9 Å². The summed E-state index contributed by atoms with van der Waals surface area (Å²) in [6.07, 6.45) is 0. The predicted molar refractivity (Wildman–Crippen MR) is 72.5 cm³/mol. The van der Waals surface area contributed by atoms with Crippen molar-refractivity contribution in [2.45, 2.75) is 24.8 Å².